The van der Waals surface area contributed by atoms with Crippen molar-refractivity contribution in [2.75, 3.05) is 30.9 Å². The van der Waals surface area contributed by atoms with E-state index in [1.165, 1.54) is 5.56 Å². The molecule has 0 aliphatic rings. The maximum absolute atomic E-state index is 5.04. The van der Waals surface area contributed by atoms with E-state index in [4.69, 9.17) is 4.74 Å². The van der Waals surface area contributed by atoms with Crippen LogP contribution in [0.15, 0.2) is 36.4 Å². The van der Waals surface area contributed by atoms with E-state index in [0.717, 1.165) is 37.0 Å². The molecular formula is C17H24N4O. The molecule has 0 saturated carbocycles. The van der Waals surface area contributed by atoms with E-state index in [0.29, 0.717) is 0 Å². The lowest BCUT2D eigenvalue weighted by Crippen LogP contribution is -2.11. The van der Waals surface area contributed by atoms with Gasteiger partial charge >= 0.3 is 0 Å². The zero-order valence-corrected chi connectivity index (χ0v) is 13.5. The van der Waals surface area contributed by atoms with Crippen molar-refractivity contribution in [3.8, 4) is 0 Å². The van der Waals surface area contributed by atoms with Crippen molar-refractivity contribution in [3.63, 3.8) is 0 Å². The smallest absolute Gasteiger partial charge is 0.132 e. The number of rotatable bonds is 8. The second kappa shape index (κ2) is 8.34. The van der Waals surface area contributed by atoms with Crippen molar-refractivity contribution in [2.45, 2.75) is 26.3 Å². The summed E-state index contributed by atoms with van der Waals surface area (Å²) in [6.45, 7) is 5.60. The Bertz CT molecular complexity index is 574. The number of hydrogen-bond acceptors (Lipinski definition) is 5. The van der Waals surface area contributed by atoms with Crippen molar-refractivity contribution in [1.82, 2.24) is 9.97 Å². The summed E-state index contributed by atoms with van der Waals surface area (Å²) in [7, 11) is 1.71. The summed E-state index contributed by atoms with van der Waals surface area (Å²) >= 11 is 0. The molecule has 22 heavy (non-hydrogen) atoms. The summed E-state index contributed by atoms with van der Waals surface area (Å²) in [5, 5.41) is 6.73. The molecule has 1 aromatic heterocycles. The summed E-state index contributed by atoms with van der Waals surface area (Å²) in [5.74, 6) is 2.42. The number of methoxy groups -OCH3 is 1. The van der Waals surface area contributed by atoms with Crippen molar-refractivity contribution in [3.05, 3.63) is 47.8 Å². The van der Waals surface area contributed by atoms with E-state index in [1.54, 1.807) is 7.11 Å². The van der Waals surface area contributed by atoms with Gasteiger partial charge in [0.15, 0.2) is 0 Å². The highest BCUT2D eigenvalue weighted by atomic mass is 16.5. The van der Waals surface area contributed by atoms with Crippen LogP contribution >= 0.6 is 0 Å². The van der Waals surface area contributed by atoms with Crippen molar-refractivity contribution < 1.29 is 4.74 Å². The minimum atomic E-state index is 0.192. The number of nitrogens with zero attached hydrogens (tertiary/aromatic N) is 2. The third kappa shape index (κ3) is 5.00. The van der Waals surface area contributed by atoms with Crippen LogP contribution in [0.1, 0.15) is 30.8 Å². The van der Waals surface area contributed by atoms with E-state index in [9.17, 15) is 0 Å². The Morgan fingerprint density at radius 1 is 1.14 bits per heavy atom. The van der Waals surface area contributed by atoms with Crippen LogP contribution in [0.4, 0.5) is 11.6 Å². The van der Waals surface area contributed by atoms with Gasteiger partial charge in [-0.3, -0.25) is 0 Å². The number of benzene rings is 1. The molecule has 1 atom stereocenters. The molecule has 2 aromatic rings. The van der Waals surface area contributed by atoms with Gasteiger partial charge in [0.05, 0.1) is 0 Å². The Morgan fingerprint density at radius 3 is 2.59 bits per heavy atom. The van der Waals surface area contributed by atoms with Crippen molar-refractivity contribution >= 4 is 11.6 Å². The molecule has 1 unspecified atom stereocenters. The molecule has 1 aromatic carbocycles. The van der Waals surface area contributed by atoms with Gasteiger partial charge in [0.1, 0.15) is 17.5 Å². The summed E-state index contributed by atoms with van der Waals surface area (Å²) in [6, 6.07) is 12.5. The molecule has 0 fully saturated rings. The molecule has 2 N–H and O–H groups in total. The van der Waals surface area contributed by atoms with Gasteiger partial charge in [0.25, 0.3) is 0 Å². The monoisotopic (exact) mass is 300 g/mol. The predicted molar refractivity (Wildman–Crippen MR) is 90.2 cm³/mol. The molecular weight excluding hydrogens is 276 g/mol. The molecule has 0 spiro atoms. The van der Waals surface area contributed by atoms with Gasteiger partial charge in [-0.1, -0.05) is 30.3 Å². The standard InChI is InChI=1S/C17H24N4O/c1-13(15-8-5-4-6-9-15)19-17-12-16(20-14(2)21-17)18-10-7-11-22-3/h4-6,8-9,12-13H,7,10-11H2,1-3H3,(H2,18,19,20,21). The van der Waals surface area contributed by atoms with E-state index in [1.807, 2.05) is 31.2 Å². The van der Waals surface area contributed by atoms with Crippen LogP contribution in [-0.2, 0) is 4.74 Å². The lowest BCUT2D eigenvalue weighted by Gasteiger charge is -2.16. The average molecular weight is 300 g/mol. The predicted octanol–water partition coefficient (Wildman–Crippen LogP) is 3.41. The fourth-order valence-electron chi connectivity index (χ4n) is 2.21. The minimum Gasteiger partial charge on any atom is -0.385 e. The summed E-state index contributed by atoms with van der Waals surface area (Å²) < 4.78 is 5.04. The van der Waals surface area contributed by atoms with E-state index in [2.05, 4.69) is 39.7 Å². The molecule has 118 valence electrons. The lowest BCUT2D eigenvalue weighted by molar-refractivity contribution is 0.198. The number of nitrogens with one attached hydrogen (secondary N) is 2. The largest absolute Gasteiger partial charge is 0.385 e. The highest BCUT2D eigenvalue weighted by molar-refractivity contribution is 5.48. The van der Waals surface area contributed by atoms with Crippen LogP contribution in [0.5, 0.6) is 0 Å². The summed E-state index contributed by atoms with van der Waals surface area (Å²) in [5.41, 5.74) is 1.23. The molecule has 5 heteroatoms. The minimum absolute atomic E-state index is 0.192. The fourth-order valence-corrected chi connectivity index (χ4v) is 2.21. The molecule has 5 nitrogen and oxygen atoms in total. The van der Waals surface area contributed by atoms with Crippen LogP contribution in [0, 0.1) is 6.92 Å². The second-order valence-corrected chi connectivity index (χ2v) is 5.24. The summed E-state index contributed by atoms with van der Waals surface area (Å²) in [6.07, 6.45) is 0.947. The molecule has 2 rings (SSSR count). The Kier molecular flexibility index (Phi) is 6.15. The van der Waals surface area contributed by atoms with Gasteiger partial charge in [-0.05, 0) is 25.8 Å². The number of hydrogen-bond donors (Lipinski definition) is 2. The molecule has 0 aliphatic carbocycles. The number of ether oxygens (including phenoxy) is 1. The maximum atomic E-state index is 5.04. The Balaban J connectivity index is 2.00. The second-order valence-electron chi connectivity index (χ2n) is 5.24. The first-order valence-electron chi connectivity index (χ1n) is 7.59. The van der Waals surface area contributed by atoms with E-state index < -0.39 is 0 Å². The third-order valence-corrected chi connectivity index (χ3v) is 3.33. The quantitative estimate of drug-likeness (QED) is 0.732. The highest BCUT2D eigenvalue weighted by Crippen LogP contribution is 2.19. The number of anilines is 2. The van der Waals surface area contributed by atoms with Crippen LogP contribution in [0.2, 0.25) is 0 Å². The Labute approximate surface area is 132 Å². The summed E-state index contributed by atoms with van der Waals surface area (Å²) in [4.78, 5) is 8.87. The molecule has 0 radical (unpaired) electrons. The molecule has 0 amide bonds. The van der Waals surface area contributed by atoms with Crippen LogP contribution in [-0.4, -0.2) is 30.2 Å². The maximum Gasteiger partial charge on any atom is 0.132 e. The SMILES string of the molecule is COCCCNc1cc(NC(C)c2ccccc2)nc(C)n1. The first-order valence-corrected chi connectivity index (χ1v) is 7.59. The third-order valence-electron chi connectivity index (χ3n) is 3.33. The van der Waals surface area contributed by atoms with Crippen LogP contribution in [0.25, 0.3) is 0 Å². The molecule has 0 bridgehead atoms. The van der Waals surface area contributed by atoms with Gasteiger partial charge < -0.3 is 15.4 Å². The zero-order valence-electron chi connectivity index (χ0n) is 13.5. The number of aryl methyl sites for hydroxylation is 1. The van der Waals surface area contributed by atoms with Gasteiger partial charge in [-0.25, -0.2) is 9.97 Å². The van der Waals surface area contributed by atoms with Gasteiger partial charge in [-0.2, -0.15) is 0 Å². The molecule has 0 aliphatic heterocycles. The first kappa shape index (κ1) is 16.2. The normalized spacial score (nSPS) is 12.0. The van der Waals surface area contributed by atoms with Crippen molar-refractivity contribution in [1.29, 1.82) is 0 Å². The van der Waals surface area contributed by atoms with Crippen LogP contribution < -0.4 is 10.6 Å². The number of aromatic nitrogens is 2. The molecule has 0 saturated heterocycles. The average Bonchev–Trinajstić information content (AvgIpc) is 2.52. The van der Waals surface area contributed by atoms with Gasteiger partial charge in [0, 0.05) is 32.4 Å². The van der Waals surface area contributed by atoms with Crippen LogP contribution in [0.3, 0.4) is 0 Å². The zero-order chi connectivity index (χ0) is 15.8. The Hall–Kier alpha value is -2.14. The topological polar surface area (TPSA) is 59.1 Å². The fraction of sp³-hybridized carbons (Fsp3) is 0.412. The van der Waals surface area contributed by atoms with Crippen molar-refractivity contribution in [2.24, 2.45) is 0 Å². The first-order chi connectivity index (χ1) is 10.7. The van der Waals surface area contributed by atoms with Gasteiger partial charge in [-0.15, -0.1) is 0 Å². The Morgan fingerprint density at radius 2 is 1.86 bits per heavy atom. The van der Waals surface area contributed by atoms with E-state index >= 15 is 0 Å². The highest BCUT2D eigenvalue weighted by Gasteiger charge is 2.07. The lowest BCUT2D eigenvalue weighted by atomic mass is 10.1. The molecule has 1 heterocycles. The van der Waals surface area contributed by atoms with Gasteiger partial charge in [0.2, 0.25) is 0 Å². The van der Waals surface area contributed by atoms with E-state index in [-0.39, 0.29) is 6.04 Å².